The molecule has 8 amide bonds. The van der Waals surface area contributed by atoms with Crippen molar-refractivity contribution in [2.75, 3.05) is 25.1 Å². The Morgan fingerprint density at radius 3 is 1.81 bits per heavy atom. The second-order valence-corrected chi connectivity index (χ2v) is 18.0. The fourth-order valence-corrected chi connectivity index (χ4v) is 8.71. The smallest absolute Gasteiger partial charge is 0.326 e. The molecule has 2 saturated heterocycles. The summed E-state index contributed by atoms with van der Waals surface area (Å²) < 4.78 is 0. The van der Waals surface area contributed by atoms with Crippen LogP contribution in [-0.2, 0) is 59.2 Å². The van der Waals surface area contributed by atoms with E-state index in [0.717, 1.165) is 10.9 Å². The first-order chi connectivity index (χ1) is 32.7. The number of aromatic amines is 1. The molecule has 8 atom stereocenters. The summed E-state index contributed by atoms with van der Waals surface area (Å²) in [6, 6.07) is -3.06. The van der Waals surface area contributed by atoms with Crippen molar-refractivity contribution in [3.05, 3.63) is 36.0 Å². The molecule has 0 aliphatic carbocycles. The Bertz CT molecular complexity index is 2240. The van der Waals surface area contributed by atoms with Gasteiger partial charge in [0.2, 0.25) is 47.3 Å². The first kappa shape index (κ1) is 54.8. The van der Waals surface area contributed by atoms with Gasteiger partial charge < -0.3 is 68.2 Å². The number of thioether (sulfide) groups is 1. The van der Waals surface area contributed by atoms with Crippen LogP contribution in [0.25, 0.3) is 10.9 Å². The van der Waals surface area contributed by atoms with Gasteiger partial charge in [-0.05, 0) is 81.9 Å². The summed E-state index contributed by atoms with van der Waals surface area (Å²) in [6.45, 7) is 1.60. The largest absolute Gasteiger partial charge is 0.481 e. The van der Waals surface area contributed by atoms with Crippen LogP contribution < -0.4 is 38.1 Å². The topological polar surface area (TPSA) is 383 Å². The van der Waals surface area contributed by atoms with Crippen molar-refractivity contribution in [3.63, 3.8) is 0 Å². The number of nitrogens with one attached hydrogen (secondary N) is 6. The van der Waals surface area contributed by atoms with Gasteiger partial charge in [-0.25, -0.2) is 4.79 Å². The molecule has 0 bridgehead atoms. The number of benzene rings is 1. The van der Waals surface area contributed by atoms with Crippen LogP contribution in [-0.4, -0.2) is 169 Å². The summed E-state index contributed by atoms with van der Waals surface area (Å²) in [5.74, 6) is -9.67. The lowest BCUT2D eigenvalue weighted by Gasteiger charge is -2.30. The summed E-state index contributed by atoms with van der Waals surface area (Å²) in [7, 11) is 0. The summed E-state index contributed by atoms with van der Waals surface area (Å²) in [6.07, 6.45) is 2.43. The number of H-pyrrole nitrogens is 1. The number of para-hydroxylation sites is 1. The van der Waals surface area contributed by atoms with Crippen LogP contribution in [0, 0.1) is 0 Å². The maximum Gasteiger partial charge on any atom is 0.326 e. The number of hydrogen-bond acceptors (Lipinski definition) is 13. The summed E-state index contributed by atoms with van der Waals surface area (Å²) >= 11 is 1.35. The number of carboxylic acids is 3. The Kier molecular flexibility index (Phi) is 20.8. The lowest BCUT2D eigenvalue weighted by atomic mass is 10.0. The van der Waals surface area contributed by atoms with Crippen molar-refractivity contribution in [2.24, 2.45) is 11.5 Å². The number of hydrogen-bond donors (Lipinski definition) is 11. The van der Waals surface area contributed by atoms with Crippen molar-refractivity contribution >= 4 is 87.8 Å². The van der Waals surface area contributed by atoms with E-state index < -0.39 is 126 Å². The molecule has 25 heteroatoms. The first-order valence-corrected chi connectivity index (χ1v) is 24.0. The molecule has 1 aromatic heterocycles. The number of primary amides is 1. The van der Waals surface area contributed by atoms with Crippen LogP contribution in [0.1, 0.15) is 83.1 Å². The predicted molar refractivity (Wildman–Crippen MR) is 248 cm³/mol. The number of nitrogens with zero attached hydrogens (tertiary/aromatic N) is 2. The van der Waals surface area contributed by atoms with Gasteiger partial charge >= 0.3 is 17.9 Å². The molecule has 2 fully saturated rings. The number of fused-ring (bicyclic) bond motifs is 1. The van der Waals surface area contributed by atoms with Gasteiger partial charge in [-0.15, -0.1) is 0 Å². The second kappa shape index (κ2) is 26.1. The Balaban J connectivity index is 1.50. The monoisotopic (exact) mass is 986 g/mol. The molecule has 2 aliphatic heterocycles. The van der Waals surface area contributed by atoms with E-state index >= 15 is 0 Å². The Morgan fingerprint density at radius 1 is 0.696 bits per heavy atom. The van der Waals surface area contributed by atoms with Crippen LogP contribution in [0.5, 0.6) is 0 Å². The molecule has 2 aliphatic rings. The normalized spacial score (nSPS) is 18.2. The molecule has 0 unspecified atom stereocenters. The van der Waals surface area contributed by atoms with Gasteiger partial charge in [0.1, 0.15) is 42.3 Å². The fourth-order valence-electron chi connectivity index (χ4n) is 8.24. The number of aliphatic carboxylic acids is 3. The van der Waals surface area contributed by atoms with E-state index in [2.05, 4.69) is 31.6 Å². The minimum absolute atomic E-state index is 0.0446. The number of nitrogens with two attached hydrogens (primary N) is 2. The van der Waals surface area contributed by atoms with Crippen molar-refractivity contribution in [2.45, 2.75) is 132 Å². The minimum atomic E-state index is -1.56. The van der Waals surface area contributed by atoms with E-state index in [-0.39, 0.29) is 64.5 Å². The van der Waals surface area contributed by atoms with Gasteiger partial charge in [-0.3, -0.25) is 47.9 Å². The van der Waals surface area contributed by atoms with E-state index in [4.69, 9.17) is 21.7 Å². The minimum Gasteiger partial charge on any atom is -0.481 e. The standard InChI is InChI=1S/C44H62N10O14S/c1-23(48-37(60)28(12-14-34(46)55)50-40(63)33-10-6-19-54(33)43(66)26(45)11-15-35(56)57)42(65)53-18-5-9-32(53)41(64)52-31(21-24-22-47-27-8-4-3-7-25(24)27)39(62)49-29(17-20-69-2)38(61)51-30(44(67)68)13-16-36(58)59/h3-4,7-8,22-23,26,28-33,47H,5-6,9-21,45H2,1-2H3,(H2,46,55)(H,48,60)(H,49,62)(H,50,63)(H,51,61)(H,52,64)(H,56,57)(H,58,59)(H,67,68)/t23-,26-,28-,29-,30-,31-,32-,33-/m0/s1. The number of carbonyl (C=O) groups excluding carboxylic acids is 8. The lowest BCUT2D eigenvalue weighted by Crippen LogP contribution is -2.59. The summed E-state index contributed by atoms with van der Waals surface area (Å²) in [5.41, 5.74) is 12.7. The zero-order valence-electron chi connectivity index (χ0n) is 38.4. The van der Waals surface area contributed by atoms with Crippen LogP contribution in [0.3, 0.4) is 0 Å². The predicted octanol–water partition coefficient (Wildman–Crippen LogP) is -1.70. The number of likely N-dealkylation sites (tertiary alicyclic amines) is 2. The number of rotatable bonds is 27. The highest BCUT2D eigenvalue weighted by atomic mass is 32.2. The third-order valence-corrected chi connectivity index (χ3v) is 12.6. The van der Waals surface area contributed by atoms with E-state index in [9.17, 15) is 57.8 Å². The van der Waals surface area contributed by atoms with Crippen LogP contribution in [0.2, 0.25) is 0 Å². The zero-order valence-corrected chi connectivity index (χ0v) is 39.2. The van der Waals surface area contributed by atoms with E-state index in [1.165, 1.54) is 28.5 Å². The van der Waals surface area contributed by atoms with Gasteiger partial charge in [0, 0.05) is 55.9 Å². The highest BCUT2D eigenvalue weighted by Crippen LogP contribution is 2.23. The molecule has 13 N–H and O–H groups in total. The number of amides is 8. The highest BCUT2D eigenvalue weighted by molar-refractivity contribution is 7.98. The van der Waals surface area contributed by atoms with Crippen molar-refractivity contribution in [3.8, 4) is 0 Å². The number of aromatic nitrogens is 1. The fraction of sp³-hybridized carbons (Fsp3) is 0.568. The third-order valence-electron chi connectivity index (χ3n) is 11.9. The molecule has 3 heterocycles. The Morgan fingerprint density at radius 2 is 1.22 bits per heavy atom. The number of carbonyl (C=O) groups is 11. The van der Waals surface area contributed by atoms with Crippen LogP contribution in [0.4, 0.5) is 0 Å². The molecule has 1 aromatic carbocycles. The molecule has 4 rings (SSSR count). The van der Waals surface area contributed by atoms with E-state index in [1.807, 2.05) is 6.07 Å². The SMILES string of the molecule is CSCC[C@H](NC(=O)[C@H](Cc1c[nH]c2ccccc12)NC(=O)[C@@H]1CCCN1C(=O)[C@H](C)NC(=O)[C@H](CCC(N)=O)NC(=O)[C@@H]1CCCN1C(=O)[C@@H](N)CCC(=O)O)C(=O)N[C@@H](CCC(=O)O)C(=O)O. The van der Waals surface area contributed by atoms with Gasteiger partial charge in [-0.2, -0.15) is 11.8 Å². The van der Waals surface area contributed by atoms with E-state index in [1.54, 1.807) is 30.7 Å². The summed E-state index contributed by atoms with van der Waals surface area (Å²) in [4.78, 5) is 148. The van der Waals surface area contributed by atoms with Crippen molar-refractivity contribution in [1.29, 1.82) is 0 Å². The summed E-state index contributed by atoms with van der Waals surface area (Å²) in [5, 5.41) is 41.3. The Hall–Kier alpha value is -6.76. The average Bonchev–Trinajstić information content (AvgIpc) is 4.09. The van der Waals surface area contributed by atoms with Gasteiger partial charge in [0.25, 0.3) is 0 Å². The highest BCUT2D eigenvalue weighted by Gasteiger charge is 2.41. The van der Waals surface area contributed by atoms with Crippen molar-refractivity contribution in [1.82, 2.24) is 41.4 Å². The number of carboxylic acid groups (broad SMARTS) is 3. The molecule has 24 nitrogen and oxygen atoms in total. The molecule has 378 valence electrons. The molecule has 0 spiro atoms. The molecular weight excluding hydrogens is 925 g/mol. The van der Waals surface area contributed by atoms with E-state index in [0.29, 0.717) is 24.2 Å². The van der Waals surface area contributed by atoms with Crippen LogP contribution in [0.15, 0.2) is 30.5 Å². The first-order valence-electron chi connectivity index (χ1n) is 22.6. The lowest BCUT2D eigenvalue weighted by molar-refractivity contribution is -0.144. The maximum absolute atomic E-state index is 14.2. The third kappa shape index (κ3) is 15.9. The van der Waals surface area contributed by atoms with Gasteiger partial charge in [-0.1, -0.05) is 18.2 Å². The molecular formula is C44H62N10O14S. The van der Waals surface area contributed by atoms with Gasteiger partial charge in [0.15, 0.2) is 0 Å². The van der Waals surface area contributed by atoms with Crippen LogP contribution >= 0.6 is 11.8 Å². The zero-order chi connectivity index (χ0) is 50.9. The molecule has 0 saturated carbocycles. The van der Waals surface area contributed by atoms with Gasteiger partial charge in [0.05, 0.1) is 6.04 Å². The molecule has 69 heavy (non-hydrogen) atoms. The average molecular weight is 987 g/mol. The molecule has 0 radical (unpaired) electrons. The maximum atomic E-state index is 14.2. The second-order valence-electron chi connectivity index (χ2n) is 17.0. The quantitative estimate of drug-likeness (QED) is 0.0475. The van der Waals surface area contributed by atoms with Crippen molar-refractivity contribution < 1.29 is 68.1 Å². The Labute approximate surface area is 401 Å². The molecule has 2 aromatic rings.